The Hall–Kier alpha value is -1.69. The van der Waals surface area contributed by atoms with Gasteiger partial charge in [0.1, 0.15) is 0 Å². The molecule has 340 valence electrons. The topological polar surface area (TPSA) is 89.8 Å². The molecule has 5 heteroatoms. The molecule has 0 spiro atoms. The highest BCUT2D eigenvalue weighted by molar-refractivity contribution is 5.76. The fourth-order valence-electron chi connectivity index (χ4n) is 7.66. The molecular weight excluding hydrogens is 715 g/mol. The second-order valence-corrected chi connectivity index (χ2v) is 17.4. The summed E-state index contributed by atoms with van der Waals surface area (Å²) in [5.74, 6) is -0.333. The highest BCUT2D eigenvalue weighted by Crippen LogP contribution is 2.15. The van der Waals surface area contributed by atoms with E-state index in [0.717, 1.165) is 51.4 Å². The molecule has 0 aromatic carbocycles. The Morgan fingerprint density at radius 2 is 0.741 bits per heavy atom. The third kappa shape index (κ3) is 43.9. The number of rotatable bonds is 46. The number of allylic oxidation sites excluding steroid dienone is 7. The number of unbranched alkanes of at least 4 members (excludes halogenated alkanes) is 31. The smallest absolute Gasteiger partial charge is 0.222 e. The summed E-state index contributed by atoms with van der Waals surface area (Å²) >= 11 is 0. The molecular formula is C53H99NO4. The first-order valence-corrected chi connectivity index (χ1v) is 25.4. The molecule has 0 aromatic heterocycles. The van der Waals surface area contributed by atoms with E-state index in [2.05, 4.69) is 55.6 Å². The lowest BCUT2D eigenvalue weighted by atomic mass is 10.0. The standard InChI is InChI=1S/C53H99NO4/c1-3-5-7-9-11-13-15-17-19-21-23-24-25-26-27-29-31-33-35-37-39-41-43-45-47-52(57)51(49-55)54-53(58)48-50(56)46-44-42-40-38-36-34-32-30-28-22-20-18-16-14-12-10-8-6-4-2/h29-32,37,39,45,47,50-52,55-57H,3-28,33-36,38,40-44,46,48-49H2,1-2H3,(H,54,58)/b31-29+,32-30-,39-37+,47-45+. The van der Waals surface area contributed by atoms with Crippen molar-refractivity contribution >= 4 is 5.91 Å². The first-order valence-electron chi connectivity index (χ1n) is 25.4. The highest BCUT2D eigenvalue weighted by atomic mass is 16.3. The van der Waals surface area contributed by atoms with E-state index in [4.69, 9.17) is 0 Å². The van der Waals surface area contributed by atoms with Gasteiger partial charge in [0.15, 0.2) is 0 Å². The second-order valence-electron chi connectivity index (χ2n) is 17.4. The van der Waals surface area contributed by atoms with E-state index in [9.17, 15) is 20.1 Å². The SMILES string of the molecule is CCCCCCCCCCCC/C=C\CCCCCCCC(O)CC(=O)NC(CO)C(O)/C=C/CC/C=C/CC/C=C/CCCCCCCCCCCCCCCC. The van der Waals surface area contributed by atoms with Crippen LogP contribution >= 0.6 is 0 Å². The quantitative estimate of drug-likeness (QED) is 0.0364. The van der Waals surface area contributed by atoms with Crippen LogP contribution < -0.4 is 5.32 Å². The average Bonchev–Trinajstić information content (AvgIpc) is 3.22. The summed E-state index contributed by atoms with van der Waals surface area (Å²) in [6.45, 7) is 4.21. The summed E-state index contributed by atoms with van der Waals surface area (Å²) in [6.07, 6.45) is 62.8. The van der Waals surface area contributed by atoms with Crippen molar-refractivity contribution in [2.45, 2.75) is 276 Å². The van der Waals surface area contributed by atoms with Crippen LogP contribution in [0.3, 0.4) is 0 Å². The summed E-state index contributed by atoms with van der Waals surface area (Å²) in [6, 6.07) is -0.772. The van der Waals surface area contributed by atoms with Gasteiger partial charge in [0.25, 0.3) is 0 Å². The van der Waals surface area contributed by atoms with Crippen LogP contribution in [-0.2, 0) is 4.79 Å². The predicted octanol–water partition coefficient (Wildman–Crippen LogP) is 15.3. The van der Waals surface area contributed by atoms with Crippen molar-refractivity contribution in [2.24, 2.45) is 0 Å². The van der Waals surface area contributed by atoms with E-state index < -0.39 is 18.2 Å². The fraction of sp³-hybridized carbons (Fsp3) is 0.830. The number of aliphatic hydroxyl groups is 3. The van der Waals surface area contributed by atoms with Gasteiger partial charge in [-0.25, -0.2) is 0 Å². The van der Waals surface area contributed by atoms with Crippen molar-refractivity contribution in [2.75, 3.05) is 6.61 Å². The molecule has 0 rings (SSSR count). The molecule has 3 unspecified atom stereocenters. The van der Waals surface area contributed by atoms with Crippen LogP contribution in [0.4, 0.5) is 0 Å². The van der Waals surface area contributed by atoms with Crippen molar-refractivity contribution in [1.82, 2.24) is 5.32 Å². The summed E-state index contributed by atoms with van der Waals surface area (Å²) < 4.78 is 0. The number of carbonyl (C=O) groups is 1. The van der Waals surface area contributed by atoms with Crippen LogP contribution in [0, 0.1) is 0 Å². The van der Waals surface area contributed by atoms with Gasteiger partial charge in [0.05, 0.1) is 31.3 Å². The van der Waals surface area contributed by atoms with E-state index in [1.165, 1.54) is 180 Å². The third-order valence-electron chi connectivity index (χ3n) is 11.6. The number of amides is 1. The van der Waals surface area contributed by atoms with Gasteiger partial charge in [-0.2, -0.15) is 0 Å². The van der Waals surface area contributed by atoms with Crippen LogP contribution in [0.5, 0.6) is 0 Å². The molecule has 4 N–H and O–H groups in total. The van der Waals surface area contributed by atoms with E-state index in [1.54, 1.807) is 6.08 Å². The molecule has 0 heterocycles. The zero-order chi connectivity index (χ0) is 42.3. The van der Waals surface area contributed by atoms with Gasteiger partial charge < -0.3 is 20.6 Å². The Balaban J connectivity index is 3.70. The largest absolute Gasteiger partial charge is 0.394 e. The van der Waals surface area contributed by atoms with Crippen LogP contribution in [0.2, 0.25) is 0 Å². The first-order chi connectivity index (χ1) is 28.5. The third-order valence-corrected chi connectivity index (χ3v) is 11.6. The van der Waals surface area contributed by atoms with Gasteiger partial charge in [-0.3, -0.25) is 4.79 Å². The Kier molecular flexibility index (Phi) is 46.6. The number of hydrogen-bond donors (Lipinski definition) is 4. The Labute approximate surface area is 361 Å². The summed E-state index contributed by atoms with van der Waals surface area (Å²) in [5, 5.41) is 33.3. The van der Waals surface area contributed by atoms with Gasteiger partial charge in [-0.05, 0) is 70.6 Å². The lowest BCUT2D eigenvalue weighted by molar-refractivity contribution is -0.124. The van der Waals surface area contributed by atoms with Gasteiger partial charge >= 0.3 is 0 Å². The molecule has 3 atom stereocenters. The van der Waals surface area contributed by atoms with E-state index in [1.807, 2.05) is 6.08 Å². The van der Waals surface area contributed by atoms with E-state index >= 15 is 0 Å². The van der Waals surface area contributed by atoms with E-state index in [-0.39, 0.29) is 18.9 Å². The monoisotopic (exact) mass is 814 g/mol. The minimum Gasteiger partial charge on any atom is -0.394 e. The molecule has 0 fully saturated rings. The zero-order valence-corrected chi connectivity index (χ0v) is 38.7. The minimum atomic E-state index is -0.963. The minimum absolute atomic E-state index is 0.00374. The lowest BCUT2D eigenvalue weighted by Crippen LogP contribution is -2.45. The molecule has 0 bridgehead atoms. The van der Waals surface area contributed by atoms with Crippen molar-refractivity contribution in [3.05, 3.63) is 48.6 Å². The zero-order valence-electron chi connectivity index (χ0n) is 38.7. The lowest BCUT2D eigenvalue weighted by Gasteiger charge is -2.20. The summed E-state index contributed by atoms with van der Waals surface area (Å²) in [7, 11) is 0. The van der Waals surface area contributed by atoms with Crippen molar-refractivity contribution in [3.8, 4) is 0 Å². The van der Waals surface area contributed by atoms with Crippen molar-refractivity contribution in [1.29, 1.82) is 0 Å². The Bertz CT molecular complexity index is 943. The Morgan fingerprint density at radius 1 is 0.431 bits per heavy atom. The average molecular weight is 814 g/mol. The molecule has 58 heavy (non-hydrogen) atoms. The second kappa shape index (κ2) is 48.0. The number of nitrogens with one attached hydrogen (secondary N) is 1. The van der Waals surface area contributed by atoms with Crippen LogP contribution in [0.25, 0.3) is 0 Å². The molecule has 0 aromatic rings. The van der Waals surface area contributed by atoms with Crippen molar-refractivity contribution in [3.63, 3.8) is 0 Å². The predicted molar refractivity (Wildman–Crippen MR) is 254 cm³/mol. The molecule has 0 saturated heterocycles. The molecule has 1 amide bonds. The molecule has 0 saturated carbocycles. The van der Waals surface area contributed by atoms with Crippen LogP contribution in [-0.4, -0.2) is 46.1 Å². The Morgan fingerprint density at radius 3 is 1.10 bits per heavy atom. The number of carbonyl (C=O) groups excluding carboxylic acids is 1. The highest BCUT2D eigenvalue weighted by Gasteiger charge is 2.20. The fourth-order valence-corrected chi connectivity index (χ4v) is 7.66. The molecule has 0 aliphatic carbocycles. The first kappa shape index (κ1) is 56.3. The maximum absolute atomic E-state index is 12.5. The maximum atomic E-state index is 12.5. The van der Waals surface area contributed by atoms with Gasteiger partial charge in [0, 0.05) is 0 Å². The number of hydrogen-bond acceptors (Lipinski definition) is 4. The molecule has 0 aliphatic heterocycles. The maximum Gasteiger partial charge on any atom is 0.222 e. The van der Waals surface area contributed by atoms with Gasteiger partial charge in [-0.1, -0.05) is 229 Å². The van der Waals surface area contributed by atoms with E-state index in [0.29, 0.717) is 6.42 Å². The van der Waals surface area contributed by atoms with Gasteiger partial charge in [-0.15, -0.1) is 0 Å². The normalized spacial score (nSPS) is 13.8. The summed E-state index contributed by atoms with van der Waals surface area (Å²) in [5.41, 5.74) is 0. The number of aliphatic hydroxyl groups excluding tert-OH is 3. The van der Waals surface area contributed by atoms with Crippen LogP contribution in [0.1, 0.15) is 258 Å². The van der Waals surface area contributed by atoms with Gasteiger partial charge in [0.2, 0.25) is 5.91 Å². The summed E-state index contributed by atoms with van der Waals surface area (Å²) in [4.78, 5) is 12.5. The van der Waals surface area contributed by atoms with Crippen molar-refractivity contribution < 1.29 is 20.1 Å². The molecule has 0 aliphatic rings. The van der Waals surface area contributed by atoms with Crippen LogP contribution in [0.15, 0.2) is 48.6 Å². The molecule has 5 nitrogen and oxygen atoms in total. The molecule has 0 radical (unpaired) electrons.